The van der Waals surface area contributed by atoms with Crippen molar-refractivity contribution in [2.45, 2.75) is 47.9 Å². The number of amides is 2. The minimum absolute atomic E-state index is 0.0727. The molecule has 0 unspecified atom stereocenters. The number of rotatable bonds is 18. The van der Waals surface area contributed by atoms with Crippen LogP contribution < -0.4 is 20.5 Å². The fourth-order valence-corrected chi connectivity index (χ4v) is 8.00. The van der Waals surface area contributed by atoms with E-state index in [1.165, 1.54) is 24.3 Å². The standard InChI is InChI=1S/C39H45N5O8S2/c1-51-37-25-28(11-19-38(45)43-21-23-52-24-22-43)10-17-34(37)29-12-14-30(15-13-29)39(46)42-54(49,50)33-16-18-35(36(26-33)44(47)48)41-31(7-5-6-20-40)27-53-32-8-3-2-4-9-32/h2-4,8-10,12-18,25-26,31,41H,5-7,11,19-24,27,40H2,1H3,(H,42,46)/t31-/m1/s1. The van der Waals surface area contributed by atoms with E-state index in [4.69, 9.17) is 15.2 Å². The summed E-state index contributed by atoms with van der Waals surface area (Å²) in [6.07, 6.45) is 3.24. The molecule has 286 valence electrons. The number of carbonyl (C=O) groups is 2. The second-order valence-corrected chi connectivity index (χ2v) is 15.5. The van der Waals surface area contributed by atoms with Gasteiger partial charge in [0.2, 0.25) is 5.91 Å². The predicted molar refractivity (Wildman–Crippen MR) is 209 cm³/mol. The Hall–Kier alpha value is -4.96. The van der Waals surface area contributed by atoms with Gasteiger partial charge >= 0.3 is 0 Å². The van der Waals surface area contributed by atoms with Crippen LogP contribution in [0.3, 0.4) is 0 Å². The highest BCUT2D eigenvalue weighted by molar-refractivity contribution is 7.99. The molecule has 13 nitrogen and oxygen atoms in total. The maximum absolute atomic E-state index is 13.3. The molecule has 4 N–H and O–H groups in total. The highest BCUT2D eigenvalue weighted by atomic mass is 32.2. The molecule has 1 aliphatic heterocycles. The molecule has 0 aromatic heterocycles. The zero-order valence-corrected chi connectivity index (χ0v) is 31.7. The fourth-order valence-electron chi connectivity index (χ4n) is 6.01. The number of hydrogen-bond acceptors (Lipinski definition) is 11. The summed E-state index contributed by atoms with van der Waals surface area (Å²) in [7, 11) is -2.92. The Morgan fingerprint density at radius 2 is 1.74 bits per heavy atom. The minimum Gasteiger partial charge on any atom is -0.496 e. The number of unbranched alkanes of at least 4 members (excludes halogenated alkanes) is 1. The van der Waals surface area contributed by atoms with Crippen LogP contribution in [0.5, 0.6) is 5.75 Å². The van der Waals surface area contributed by atoms with Crippen LogP contribution in [0, 0.1) is 10.1 Å². The van der Waals surface area contributed by atoms with Crippen LogP contribution in [0.2, 0.25) is 0 Å². The van der Waals surface area contributed by atoms with Gasteiger partial charge < -0.3 is 25.4 Å². The zero-order chi connectivity index (χ0) is 38.5. The SMILES string of the molecule is COc1cc(CCC(=O)N2CCOCC2)ccc1-c1ccc(C(=O)NS(=O)(=O)c2ccc(N[C@H](CCCCN)CSc3ccccc3)c([N+](=O)[O-])c2)cc1. The summed E-state index contributed by atoms with van der Waals surface area (Å²) >= 11 is 1.61. The first-order chi connectivity index (χ1) is 26.1. The molecule has 1 aliphatic rings. The van der Waals surface area contributed by atoms with Crippen molar-refractivity contribution < 1.29 is 32.4 Å². The van der Waals surface area contributed by atoms with Gasteiger partial charge in [0.25, 0.3) is 21.6 Å². The average Bonchev–Trinajstić information content (AvgIpc) is 3.19. The van der Waals surface area contributed by atoms with Crippen molar-refractivity contribution >= 4 is 45.0 Å². The third-order valence-corrected chi connectivity index (χ3v) is 11.5. The first kappa shape index (κ1) is 40.2. The number of anilines is 1. The van der Waals surface area contributed by atoms with E-state index in [1.807, 2.05) is 58.2 Å². The highest BCUT2D eigenvalue weighted by Crippen LogP contribution is 2.33. The van der Waals surface area contributed by atoms with Crippen molar-refractivity contribution in [1.29, 1.82) is 0 Å². The molecule has 54 heavy (non-hydrogen) atoms. The lowest BCUT2D eigenvalue weighted by Crippen LogP contribution is -2.40. The number of nitro groups is 1. The van der Waals surface area contributed by atoms with Crippen molar-refractivity contribution in [1.82, 2.24) is 9.62 Å². The van der Waals surface area contributed by atoms with Crippen LogP contribution >= 0.6 is 11.8 Å². The number of methoxy groups -OCH3 is 1. The lowest BCUT2D eigenvalue weighted by molar-refractivity contribution is -0.384. The number of morpholine rings is 1. The van der Waals surface area contributed by atoms with Gasteiger partial charge in [0.1, 0.15) is 11.4 Å². The van der Waals surface area contributed by atoms with Crippen molar-refractivity contribution in [3.05, 3.63) is 112 Å². The van der Waals surface area contributed by atoms with Gasteiger partial charge in [0.15, 0.2) is 0 Å². The van der Waals surface area contributed by atoms with Gasteiger partial charge in [-0.1, -0.05) is 48.9 Å². The quantitative estimate of drug-likeness (QED) is 0.0475. The monoisotopic (exact) mass is 775 g/mol. The number of benzene rings is 4. The van der Waals surface area contributed by atoms with Gasteiger partial charge in [-0.2, -0.15) is 0 Å². The molecule has 1 heterocycles. The third kappa shape index (κ3) is 11.0. The molecule has 15 heteroatoms. The molecule has 0 bridgehead atoms. The molecule has 0 aliphatic carbocycles. The summed E-state index contributed by atoms with van der Waals surface area (Å²) in [5.41, 5.74) is 7.93. The first-order valence-corrected chi connectivity index (χ1v) is 20.2. The van der Waals surface area contributed by atoms with Crippen LogP contribution in [-0.4, -0.2) is 81.8 Å². The van der Waals surface area contributed by atoms with Crippen molar-refractivity contribution in [2.24, 2.45) is 5.73 Å². The third-order valence-electron chi connectivity index (χ3n) is 8.98. The molecule has 4 aromatic rings. The van der Waals surface area contributed by atoms with E-state index < -0.39 is 31.4 Å². The Labute approximate surface area is 319 Å². The van der Waals surface area contributed by atoms with Gasteiger partial charge in [-0.25, -0.2) is 13.1 Å². The smallest absolute Gasteiger partial charge is 0.293 e. The number of nitrogens with one attached hydrogen (secondary N) is 2. The topological polar surface area (TPSA) is 183 Å². The number of aryl methyl sites for hydroxylation is 1. The molecule has 0 saturated carbocycles. The largest absolute Gasteiger partial charge is 0.496 e. The van der Waals surface area contributed by atoms with E-state index in [-0.39, 0.29) is 23.2 Å². The van der Waals surface area contributed by atoms with Crippen molar-refractivity contribution in [3.8, 4) is 16.9 Å². The number of nitrogens with two attached hydrogens (primary N) is 1. The maximum Gasteiger partial charge on any atom is 0.293 e. The second kappa shape index (κ2) is 19.4. The summed E-state index contributed by atoms with van der Waals surface area (Å²) in [4.78, 5) is 39.7. The van der Waals surface area contributed by atoms with E-state index in [9.17, 15) is 28.1 Å². The number of hydrogen-bond donors (Lipinski definition) is 3. The number of thioether (sulfide) groups is 1. The Morgan fingerprint density at radius 1 is 1.00 bits per heavy atom. The normalized spacial score (nSPS) is 13.6. The van der Waals surface area contributed by atoms with Gasteiger partial charge in [-0.15, -0.1) is 11.8 Å². The molecular weight excluding hydrogens is 731 g/mol. The van der Waals surface area contributed by atoms with Gasteiger partial charge in [0, 0.05) is 53.4 Å². The van der Waals surface area contributed by atoms with Crippen LogP contribution in [0.4, 0.5) is 11.4 Å². The number of carbonyl (C=O) groups excluding carboxylic acids is 2. The Kier molecular flexibility index (Phi) is 14.4. The maximum atomic E-state index is 13.3. The fraction of sp³-hybridized carbons (Fsp3) is 0.333. The number of sulfonamides is 1. The first-order valence-electron chi connectivity index (χ1n) is 17.7. The Morgan fingerprint density at radius 3 is 2.43 bits per heavy atom. The Balaban J connectivity index is 1.24. The minimum atomic E-state index is -4.47. The molecular formula is C39H45N5O8S2. The molecule has 1 saturated heterocycles. The molecule has 0 radical (unpaired) electrons. The summed E-state index contributed by atoms with van der Waals surface area (Å²) in [6.45, 7) is 2.83. The van der Waals surface area contributed by atoms with Crippen LogP contribution in [0.25, 0.3) is 11.1 Å². The molecule has 1 fully saturated rings. The van der Waals surface area contributed by atoms with E-state index in [0.717, 1.165) is 40.5 Å². The number of nitrogens with zero attached hydrogens (tertiary/aromatic N) is 2. The Bertz CT molecular complexity index is 2010. The van der Waals surface area contributed by atoms with Gasteiger partial charge in [0.05, 0.1) is 30.1 Å². The summed E-state index contributed by atoms with van der Waals surface area (Å²) in [6, 6.07) is 25.2. The number of ether oxygens (including phenoxy) is 2. The molecule has 4 aromatic carbocycles. The molecule has 0 spiro atoms. The molecule has 1 atom stereocenters. The predicted octanol–water partition coefficient (Wildman–Crippen LogP) is 5.88. The summed E-state index contributed by atoms with van der Waals surface area (Å²) in [5.74, 6) is 0.395. The van der Waals surface area contributed by atoms with Crippen molar-refractivity contribution in [2.75, 3.05) is 51.0 Å². The summed E-state index contributed by atoms with van der Waals surface area (Å²) in [5, 5.41) is 15.4. The van der Waals surface area contributed by atoms with Gasteiger partial charge in [-0.05, 0) is 79.4 Å². The second-order valence-electron chi connectivity index (χ2n) is 12.7. The van der Waals surface area contributed by atoms with E-state index in [1.54, 1.807) is 31.0 Å². The number of nitro benzene ring substituents is 1. The summed E-state index contributed by atoms with van der Waals surface area (Å²) < 4.78 is 39.6. The van der Waals surface area contributed by atoms with Crippen LogP contribution in [0.15, 0.2) is 101 Å². The van der Waals surface area contributed by atoms with Crippen LogP contribution in [0.1, 0.15) is 41.6 Å². The van der Waals surface area contributed by atoms with E-state index in [2.05, 4.69) is 5.32 Å². The highest BCUT2D eigenvalue weighted by Gasteiger charge is 2.25. The lowest BCUT2D eigenvalue weighted by atomic mass is 9.99. The molecule has 2 amide bonds. The zero-order valence-electron chi connectivity index (χ0n) is 30.1. The van der Waals surface area contributed by atoms with E-state index in [0.29, 0.717) is 63.6 Å². The van der Waals surface area contributed by atoms with Gasteiger partial charge in [-0.3, -0.25) is 19.7 Å². The van der Waals surface area contributed by atoms with Crippen molar-refractivity contribution in [3.63, 3.8) is 0 Å². The average molecular weight is 776 g/mol. The van der Waals surface area contributed by atoms with E-state index >= 15 is 0 Å². The molecule has 5 rings (SSSR count). The van der Waals surface area contributed by atoms with Crippen LogP contribution in [-0.2, 0) is 26.0 Å². The lowest BCUT2D eigenvalue weighted by Gasteiger charge is -2.26.